The van der Waals surface area contributed by atoms with E-state index in [9.17, 15) is 19.5 Å². The molecule has 0 atom stereocenters. The molecule has 0 unspecified atom stereocenters. The Bertz CT molecular complexity index is 2140. The molecule has 4 heterocycles. The monoisotopic (exact) mass is 780 g/mol. The first-order valence-electron chi connectivity index (χ1n) is 20.3. The first-order chi connectivity index (χ1) is 27.0. The quantitative estimate of drug-likeness (QED) is 0.153. The molecule has 2 aliphatic carbocycles. The number of aromatic nitrogens is 4. The van der Waals surface area contributed by atoms with Gasteiger partial charge in [0.15, 0.2) is 11.6 Å². The number of halogens is 1. The zero-order valence-corrected chi connectivity index (χ0v) is 33.5. The Morgan fingerprint density at radius 3 is 2.04 bits per heavy atom. The maximum absolute atomic E-state index is 13.7. The van der Waals surface area contributed by atoms with Crippen LogP contribution in [0.4, 0.5) is 11.4 Å². The summed E-state index contributed by atoms with van der Waals surface area (Å²) in [5, 5.41) is 15.9. The van der Waals surface area contributed by atoms with E-state index in [4.69, 9.17) is 21.6 Å². The van der Waals surface area contributed by atoms with Crippen molar-refractivity contribution >= 4 is 40.8 Å². The molecule has 2 aliphatic heterocycles. The third kappa shape index (κ3) is 7.63. The fraction of sp³-hybridized carbons (Fsp3) is 0.512. The van der Waals surface area contributed by atoms with Crippen molar-refractivity contribution < 1.29 is 19.5 Å². The fourth-order valence-corrected chi connectivity index (χ4v) is 9.90. The molecule has 0 spiro atoms. The molecule has 2 amide bonds. The first-order valence-corrected chi connectivity index (χ1v) is 20.7. The highest BCUT2D eigenvalue weighted by Crippen LogP contribution is 2.38. The van der Waals surface area contributed by atoms with E-state index in [1.54, 1.807) is 6.07 Å². The summed E-state index contributed by atoms with van der Waals surface area (Å²) in [6.45, 7) is 6.28. The molecule has 3 N–H and O–H groups in total. The lowest BCUT2D eigenvalue weighted by Crippen LogP contribution is -2.38. The van der Waals surface area contributed by atoms with Gasteiger partial charge in [0.2, 0.25) is 0 Å². The van der Waals surface area contributed by atoms with Crippen molar-refractivity contribution in [1.82, 2.24) is 28.9 Å². The standard InChI is InChI=1S/C43H53ClN8O4/c1-26-30(10-6-12-32(26)47-41(53)39-46-35-25-52(29-8-4-5-9-29)23-20-37(35)50(39)3)31-11-7-13-33(38(31)44)48-42(54)40-45-34-24-51(22-19-36(34)49(40)2)21-18-27-14-16-28(17-15-27)43(55)56/h6-7,10-13,27-29H,4-5,8-9,14-25H2,1-3H3,(H,47,53)(H,48,54)(H,55,56)/t27-,28-. The van der Waals surface area contributed by atoms with Crippen LogP contribution in [0.15, 0.2) is 36.4 Å². The minimum absolute atomic E-state index is 0.190. The molecular formula is C43H53ClN8O4. The van der Waals surface area contributed by atoms with Gasteiger partial charge in [0, 0.05) is 81.8 Å². The molecule has 2 aromatic heterocycles. The number of imidazole rings is 2. The molecule has 2 saturated carbocycles. The predicted octanol–water partition coefficient (Wildman–Crippen LogP) is 7.23. The topological polar surface area (TPSA) is 138 Å². The van der Waals surface area contributed by atoms with Gasteiger partial charge in [-0.25, -0.2) is 9.97 Å². The van der Waals surface area contributed by atoms with Crippen LogP contribution >= 0.6 is 11.6 Å². The molecule has 2 fully saturated rings. The number of amides is 2. The number of anilines is 2. The molecule has 12 nitrogen and oxygen atoms in total. The van der Waals surface area contributed by atoms with Gasteiger partial charge >= 0.3 is 5.97 Å². The lowest BCUT2D eigenvalue weighted by Gasteiger charge is -2.31. The Morgan fingerprint density at radius 1 is 0.786 bits per heavy atom. The van der Waals surface area contributed by atoms with Crippen molar-refractivity contribution in [3.05, 3.63) is 81.4 Å². The van der Waals surface area contributed by atoms with Gasteiger partial charge in [-0.3, -0.25) is 24.2 Å². The molecular weight excluding hydrogens is 728 g/mol. The van der Waals surface area contributed by atoms with Crippen LogP contribution in [-0.4, -0.2) is 77.5 Å². The van der Waals surface area contributed by atoms with Crippen LogP contribution < -0.4 is 10.6 Å². The number of carbonyl (C=O) groups is 3. The van der Waals surface area contributed by atoms with E-state index in [1.807, 2.05) is 60.5 Å². The van der Waals surface area contributed by atoms with E-state index in [2.05, 4.69) is 20.4 Å². The van der Waals surface area contributed by atoms with Crippen molar-refractivity contribution in [2.24, 2.45) is 25.9 Å². The molecule has 56 heavy (non-hydrogen) atoms. The molecule has 13 heteroatoms. The number of nitrogens with zero attached hydrogens (tertiary/aromatic N) is 6. The lowest BCUT2D eigenvalue weighted by atomic mass is 9.80. The number of carboxylic acid groups (broad SMARTS) is 1. The van der Waals surface area contributed by atoms with E-state index >= 15 is 0 Å². The third-order valence-electron chi connectivity index (χ3n) is 13.0. The van der Waals surface area contributed by atoms with E-state index in [1.165, 1.54) is 25.7 Å². The Kier molecular flexibility index (Phi) is 11.1. The van der Waals surface area contributed by atoms with Gasteiger partial charge in [-0.2, -0.15) is 0 Å². The maximum Gasteiger partial charge on any atom is 0.306 e. The lowest BCUT2D eigenvalue weighted by molar-refractivity contribution is -0.143. The number of carbonyl (C=O) groups excluding carboxylic acids is 2. The van der Waals surface area contributed by atoms with Gasteiger partial charge < -0.3 is 24.9 Å². The molecule has 0 bridgehead atoms. The van der Waals surface area contributed by atoms with Gasteiger partial charge in [-0.05, 0) is 87.6 Å². The van der Waals surface area contributed by atoms with Crippen molar-refractivity contribution in [3.63, 3.8) is 0 Å². The van der Waals surface area contributed by atoms with E-state index in [-0.39, 0.29) is 17.7 Å². The van der Waals surface area contributed by atoms with Crippen LogP contribution in [0.25, 0.3) is 11.1 Å². The van der Waals surface area contributed by atoms with Gasteiger partial charge in [0.05, 0.1) is 28.0 Å². The first kappa shape index (κ1) is 38.4. The van der Waals surface area contributed by atoms with Crippen LogP contribution in [-0.2, 0) is 44.8 Å². The van der Waals surface area contributed by atoms with Crippen molar-refractivity contribution in [2.75, 3.05) is 30.3 Å². The van der Waals surface area contributed by atoms with E-state index < -0.39 is 5.97 Å². The van der Waals surface area contributed by atoms with Gasteiger partial charge in [0.1, 0.15) is 0 Å². The Balaban J connectivity index is 0.924. The number of rotatable bonds is 10. The fourth-order valence-electron chi connectivity index (χ4n) is 9.63. The van der Waals surface area contributed by atoms with Crippen molar-refractivity contribution in [1.29, 1.82) is 0 Å². The highest BCUT2D eigenvalue weighted by molar-refractivity contribution is 6.36. The maximum atomic E-state index is 13.7. The Hall–Kier alpha value is -4.52. The van der Waals surface area contributed by atoms with E-state index in [0.717, 1.165) is 111 Å². The minimum atomic E-state index is -0.663. The van der Waals surface area contributed by atoms with Crippen LogP contribution in [0, 0.1) is 18.8 Å². The van der Waals surface area contributed by atoms with Crippen LogP contribution in [0.5, 0.6) is 0 Å². The largest absolute Gasteiger partial charge is 0.481 e. The summed E-state index contributed by atoms with van der Waals surface area (Å²) in [4.78, 5) is 53.4. The zero-order valence-electron chi connectivity index (χ0n) is 32.7. The minimum Gasteiger partial charge on any atom is -0.481 e. The van der Waals surface area contributed by atoms with Crippen LogP contribution in [0.3, 0.4) is 0 Å². The summed E-state index contributed by atoms with van der Waals surface area (Å²) in [5.74, 6) is -0.113. The number of benzene rings is 2. The molecule has 296 valence electrons. The second-order valence-corrected chi connectivity index (χ2v) is 16.7. The van der Waals surface area contributed by atoms with Gasteiger partial charge in [-0.1, -0.05) is 48.7 Å². The summed E-state index contributed by atoms with van der Waals surface area (Å²) >= 11 is 7.04. The second kappa shape index (κ2) is 16.1. The summed E-state index contributed by atoms with van der Waals surface area (Å²) < 4.78 is 3.85. The number of hydrogen-bond donors (Lipinski definition) is 3. The molecule has 4 aromatic rings. The molecule has 2 aromatic carbocycles. The van der Waals surface area contributed by atoms with Crippen molar-refractivity contribution in [3.8, 4) is 11.1 Å². The number of aliphatic carboxylic acids is 1. The SMILES string of the molecule is Cc1c(NC(=O)c2nc3c(n2C)CCN(C2CCCC2)C3)cccc1-c1cccc(NC(=O)c2nc3c(n2C)CCN(CC[C@H]2CC[C@H](C(=O)O)CC2)C3)c1Cl. The van der Waals surface area contributed by atoms with Gasteiger partial charge in [0.25, 0.3) is 11.8 Å². The summed E-state index contributed by atoms with van der Waals surface area (Å²) in [6, 6.07) is 11.9. The Morgan fingerprint density at radius 2 is 1.38 bits per heavy atom. The zero-order chi connectivity index (χ0) is 39.1. The third-order valence-corrected chi connectivity index (χ3v) is 13.4. The van der Waals surface area contributed by atoms with Crippen LogP contribution in [0.1, 0.15) is 107 Å². The van der Waals surface area contributed by atoms with Crippen molar-refractivity contribution in [2.45, 2.75) is 96.7 Å². The summed E-state index contributed by atoms with van der Waals surface area (Å²) in [5.41, 5.74) is 7.72. The highest BCUT2D eigenvalue weighted by Gasteiger charge is 2.32. The van der Waals surface area contributed by atoms with E-state index in [0.29, 0.717) is 46.6 Å². The summed E-state index contributed by atoms with van der Waals surface area (Å²) in [7, 11) is 3.83. The number of nitrogens with one attached hydrogen (secondary N) is 2. The molecule has 8 rings (SSSR count). The average molecular weight is 781 g/mol. The summed E-state index contributed by atoms with van der Waals surface area (Å²) in [6.07, 6.45) is 11.3. The molecule has 0 radical (unpaired) electrons. The van der Waals surface area contributed by atoms with Gasteiger partial charge in [-0.15, -0.1) is 0 Å². The number of fused-ring (bicyclic) bond motifs is 2. The molecule has 0 saturated heterocycles. The Labute approximate surface area is 333 Å². The predicted molar refractivity (Wildman–Crippen MR) is 217 cm³/mol. The van der Waals surface area contributed by atoms with Crippen LogP contribution in [0.2, 0.25) is 5.02 Å². The average Bonchev–Trinajstić information content (AvgIpc) is 3.94. The highest BCUT2D eigenvalue weighted by atomic mass is 35.5. The molecule has 4 aliphatic rings. The number of carboxylic acids is 1. The second-order valence-electron chi connectivity index (χ2n) is 16.4. The normalized spacial score (nSPS) is 20.4. The smallest absolute Gasteiger partial charge is 0.306 e. The number of hydrogen-bond acceptors (Lipinski definition) is 7.